The Bertz CT molecular complexity index is 514. The molecule has 1 saturated heterocycles. The van der Waals surface area contributed by atoms with E-state index in [2.05, 4.69) is 62.2 Å². The fourth-order valence-electron chi connectivity index (χ4n) is 3.55. The summed E-state index contributed by atoms with van der Waals surface area (Å²) < 4.78 is 0. The van der Waals surface area contributed by atoms with Crippen molar-refractivity contribution in [2.75, 3.05) is 25.4 Å². The van der Waals surface area contributed by atoms with Crippen LogP contribution in [0.15, 0.2) is 29.2 Å². The van der Waals surface area contributed by atoms with Gasteiger partial charge in [-0.25, -0.2) is 0 Å². The van der Waals surface area contributed by atoms with E-state index in [-0.39, 0.29) is 11.1 Å². The quantitative estimate of drug-likeness (QED) is 0.916. The molecule has 0 radical (unpaired) electrons. The van der Waals surface area contributed by atoms with Crippen molar-refractivity contribution in [1.82, 2.24) is 10.2 Å². The van der Waals surface area contributed by atoms with E-state index < -0.39 is 0 Å². The van der Waals surface area contributed by atoms with Crippen molar-refractivity contribution in [3.05, 3.63) is 29.8 Å². The lowest BCUT2D eigenvalue weighted by molar-refractivity contribution is 0.0209. The van der Waals surface area contributed by atoms with Gasteiger partial charge in [0.2, 0.25) is 0 Å². The minimum absolute atomic E-state index is 0.222. The smallest absolute Gasteiger partial charge is 0.0304 e. The van der Waals surface area contributed by atoms with E-state index in [4.69, 9.17) is 0 Å². The highest BCUT2D eigenvalue weighted by atomic mass is 32.2. The molecule has 2 aliphatic heterocycles. The summed E-state index contributed by atoms with van der Waals surface area (Å²) in [6, 6.07) is 8.97. The van der Waals surface area contributed by atoms with Crippen molar-refractivity contribution < 1.29 is 0 Å². The van der Waals surface area contributed by atoms with Crippen LogP contribution in [-0.4, -0.2) is 41.4 Å². The molecular formula is C18H28N2S. The zero-order valence-corrected chi connectivity index (χ0v) is 14.6. The topological polar surface area (TPSA) is 15.3 Å². The van der Waals surface area contributed by atoms with Crippen molar-refractivity contribution in [2.45, 2.75) is 56.0 Å². The van der Waals surface area contributed by atoms with Gasteiger partial charge in [-0.15, -0.1) is 11.8 Å². The SMILES string of the molecule is CCC1(C)CNC(C)(C)CN1CC1CSc2ccccc21. The van der Waals surface area contributed by atoms with E-state index in [1.807, 2.05) is 11.8 Å². The molecule has 3 rings (SSSR count). The summed E-state index contributed by atoms with van der Waals surface area (Å²) in [4.78, 5) is 4.24. The molecule has 21 heavy (non-hydrogen) atoms. The first kappa shape index (κ1) is 15.4. The Kier molecular flexibility index (Phi) is 4.10. The first-order chi connectivity index (χ1) is 9.93. The summed E-state index contributed by atoms with van der Waals surface area (Å²) in [6.45, 7) is 12.8. The lowest BCUT2D eigenvalue weighted by Gasteiger charge is -2.52. The molecule has 2 atom stereocenters. The highest BCUT2D eigenvalue weighted by molar-refractivity contribution is 7.99. The lowest BCUT2D eigenvalue weighted by atomic mass is 9.86. The molecule has 2 unspecified atom stereocenters. The predicted octanol–water partition coefficient (Wildman–Crippen LogP) is 3.73. The number of hydrogen-bond acceptors (Lipinski definition) is 3. The molecule has 0 bridgehead atoms. The first-order valence-electron chi connectivity index (χ1n) is 8.15. The standard InChI is InChI=1S/C18H28N2S/c1-5-18(4)12-19-17(2,3)13-20(18)10-14-11-21-16-9-7-6-8-15(14)16/h6-9,14,19H,5,10-13H2,1-4H3. The van der Waals surface area contributed by atoms with Crippen LogP contribution in [0.2, 0.25) is 0 Å². The van der Waals surface area contributed by atoms with Crippen molar-refractivity contribution in [3.63, 3.8) is 0 Å². The Balaban J connectivity index is 1.79. The Morgan fingerprint density at radius 1 is 1.29 bits per heavy atom. The molecule has 0 spiro atoms. The molecule has 1 aromatic rings. The number of nitrogens with one attached hydrogen (secondary N) is 1. The molecule has 2 aliphatic rings. The van der Waals surface area contributed by atoms with Crippen LogP contribution in [0.4, 0.5) is 0 Å². The summed E-state index contributed by atoms with van der Waals surface area (Å²) in [5.74, 6) is 1.93. The Morgan fingerprint density at radius 2 is 2.05 bits per heavy atom. The Hall–Kier alpha value is -0.510. The molecule has 0 aliphatic carbocycles. The van der Waals surface area contributed by atoms with Gasteiger partial charge in [-0.3, -0.25) is 4.90 Å². The van der Waals surface area contributed by atoms with E-state index in [0.29, 0.717) is 5.92 Å². The van der Waals surface area contributed by atoms with Gasteiger partial charge in [0, 0.05) is 47.3 Å². The molecule has 1 fully saturated rings. The van der Waals surface area contributed by atoms with Crippen LogP contribution < -0.4 is 5.32 Å². The van der Waals surface area contributed by atoms with Gasteiger partial charge in [0.15, 0.2) is 0 Å². The van der Waals surface area contributed by atoms with Gasteiger partial charge in [0.05, 0.1) is 0 Å². The molecule has 0 saturated carbocycles. The van der Waals surface area contributed by atoms with Crippen LogP contribution in [0.5, 0.6) is 0 Å². The van der Waals surface area contributed by atoms with E-state index in [1.165, 1.54) is 23.6 Å². The lowest BCUT2D eigenvalue weighted by Crippen LogP contribution is -2.67. The number of piperazine rings is 1. The number of benzene rings is 1. The van der Waals surface area contributed by atoms with E-state index in [9.17, 15) is 0 Å². The summed E-state index contributed by atoms with van der Waals surface area (Å²) in [5, 5.41) is 3.73. The third-order valence-electron chi connectivity index (χ3n) is 5.30. The van der Waals surface area contributed by atoms with E-state index in [1.54, 1.807) is 5.56 Å². The predicted molar refractivity (Wildman–Crippen MR) is 92.3 cm³/mol. The van der Waals surface area contributed by atoms with Gasteiger partial charge in [0.25, 0.3) is 0 Å². The first-order valence-corrected chi connectivity index (χ1v) is 9.14. The summed E-state index contributed by atoms with van der Waals surface area (Å²) >= 11 is 2.03. The number of rotatable bonds is 3. The second-order valence-electron chi connectivity index (χ2n) is 7.51. The molecule has 3 heteroatoms. The maximum atomic E-state index is 3.73. The number of thioether (sulfide) groups is 1. The van der Waals surface area contributed by atoms with Crippen molar-refractivity contribution in [1.29, 1.82) is 0 Å². The van der Waals surface area contributed by atoms with Crippen molar-refractivity contribution >= 4 is 11.8 Å². The molecule has 116 valence electrons. The van der Waals surface area contributed by atoms with Crippen molar-refractivity contribution in [2.24, 2.45) is 0 Å². The average Bonchev–Trinajstić information content (AvgIpc) is 2.86. The fraction of sp³-hybridized carbons (Fsp3) is 0.667. The molecular weight excluding hydrogens is 276 g/mol. The zero-order valence-electron chi connectivity index (χ0n) is 13.8. The van der Waals surface area contributed by atoms with E-state index in [0.717, 1.165) is 13.1 Å². The van der Waals surface area contributed by atoms with Crippen LogP contribution in [0.3, 0.4) is 0 Å². The number of fused-ring (bicyclic) bond motifs is 1. The highest BCUT2D eigenvalue weighted by Crippen LogP contribution is 2.41. The van der Waals surface area contributed by atoms with Gasteiger partial charge in [-0.2, -0.15) is 0 Å². The number of nitrogens with zero attached hydrogens (tertiary/aromatic N) is 1. The maximum absolute atomic E-state index is 3.73. The second-order valence-corrected chi connectivity index (χ2v) is 8.58. The van der Waals surface area contributed by atoms with Gasteiger partial charge in [-0.05, 0) is 38.8 Å². The summed E-state index contributed by atoms with van der Waals surface area (Å²) in [5.41, 5.74) is 2.08. The van der Waals surface area contributed by atoms with Crippen LogP contribution in [0.1, 0.15) is 45.6 Å². The highest BCUT2D eigenvalue weighted by Gasteiger charge is 2.41. The molecule has 2 heterocycles. The molecule has 1 aromatic carbocycles. The Labute approximate surface area is 133 Å². The molecule has 1 N–H and O–H groups in total. The second kappa shape index (κ2) is 5.60. The molecule has 0 aromatic heterocycles. The molecule has 2 nitrogen and oxygen atoms in total. The maximum Gasteiger partial charge on any atom is 0.0304 e. The largest absolute Gasteiger partial charge is 0.309 e. The summed E-state index contributed by atoms with van der Waals surface area (Å²) in [6.07, 6.45) is 1.21. The fourth-order valence-corrected chi connectivity index (χ4v) is 4.79. The monoisotopic (exact) mass is 304 g/mol. The Morgan fingerprint density at radius 3 is 2.81 bits per heavy atom. The number of hydrogen-bond donors (Lipinski definition) is 1. The van der Waals surface area contributed by atoms with Crippen LogP contribution in [0, 0.1) is 0 Å². The van der Waals surface area contributed by atoms with Gasteiger partial charge >= 0.3 is 0 Å². The minimum atomic E-state index is 0.222. The molecule has 0 amide bonds. The van der Waals surface area contributed by atoms with Crippen molar-refractivity contribution in [3.8, 4) is 0 Å². The zero-order chi connectivity index (χ0) is 15.1. The van der Waals surface area contributed by atoms with Gasteiger partial charge in [0.1, 0.15) is 0 Å². The van der Waals surface area contributed by atoms with Crippen LogP contribution in [0.25, 0.3) is 0 Å². The van der Waals surface area contributed by atoms with Crippen LogP contribution >= 0.6 is 11.8 Å². The normalized spacial score (nSPS) is 32.1. The third-order valence-corrected chi connectivity index (χ3v) is 6.55. The van der Waals surface area contributed by atoms with Gasteiger partial charge < -0.3 is 5.32 Å². The minimum Gasteiger partial charge on any atom is -0.309 e. The average molecular weight is 305 g/mol. The summed E-state index contributed by atoms with van der Waals surface area (Å²) in [7, 11) is 0. The van der Waals surface area contributed by atoms with E-state index >= 15 is 0 Å². The third kappa shape index (κ3) is 3.01. The van der Waals surface area contributed by atoms with Crippen LogP contribution in [-0.2, 0) is 0 Å². The van der Waals surface area contributed by atoms with Gasteiger partial charge in [-0.1, -0.05) is 25.1 Å².